The number of thioether (sulfide) groups is 1. The first-order chi connectivity index (χ1) is 14.7. The molecule has 1 saturated carbocycles. The minimum absolute atomic E-state index is 0.0108. The molecular weight excluding hydrogens is 412 g/mol. The number of imide groups is 1. The van der Waals surface area contributed by atoms with Crippen molar-refractivity contribution in [2.24, 2.45) is 23.7 Å². The van der Waals surface area contributed by atoms with Crippen molar-refractivity contribution in [1.29, 1.82) is 0 Å². The van der Waals surface area contributed by atoms with E-state index in [9.17, 15) is 9.59 Å². The number of aromatic nitrogens is 1. The number of benzene rings is 1. The second-order valence-electron chi connectivity index (χ2n) is 8.76. The normalized spacial score (nSPS) is 27.0. The zero-order valence-corrected chi connectivity index (χ0v) is 19.0. The van der Waals surface area contributed by atoms with Crippen molar-refractivity contribution in [3.63, 3.8) is 0 Å². The quantitative estimate of drug-likeness (QED) is 0.206. The van der Waals surface area contributed by atoms with E-state index >= 15 is 0 Å². The summed E-state index contributed by atoms with van der Waals surface area (Å²) in [5.74, 6) is 1.28. The summed E-state index contributed by atoms with van der Waals surface area (Å²) in [6, 6.07) is 5.82. The van der Waals surface area contributed by atoms with Crippen LogP contribution in [0, 0.1) is 23.7 Å². The number of anilines is 1. The standard InChI is InChI=1S/C24H28N2O2S2/c1-2-3-4-5-6-7-12-29-24-25-18-11-10-17(14-19(18)30-24)26-22(27)20-15-8-9-16(13-15)21(20)23(26)28/h8-11,14-16,20-21H,2-7,12-13H2,1H3/t15-,16+,20+,21-. The van der Waals surface area contributed by atoms with Gasteiger partial charge in [0.05, 0.1) is 27.7 Å². The molecule has 5 rings (SSSR count). The Labute approximate surface area is 186 Å². The number of rotatable bonds is 9. The van der Waals surface area contributed by atoms with Gasteiger partial charge in [0.25, 0.3) is 0 Å². The minimum atomic E-state index is -0.145. The van der Waals surface area contributed by atoms with E-state index in [2.05, 4.69) is 19.1 Å². The Bertz CT molecular complexity index is 968. The predicted octanol–water partition coefficient (Wildman–Crippen LogP) is 6.06. The highest BCUT2D eigenvalue weighted by Gasteiger charge is 2.59. The summed E-state index contributed by atoms with van der Waals surface area (Å²) in [6.07, 6.45) is 13.1. The zero-order chi connectivity index (χ0) is 20.7. The predicted molar refractivity (Wildman–Crippen MR) is 124 cm³/mol. The van der Waals surface area contributed by atoms with Gasteiger partial charge in [0.2, 0.25) is 11.8 Å². The summed E-state index contributed by atoms with van der Waals surface area (Å²) >= 11 is 3.49. The van der Waals surface area contributed by atoms with E-state index in [1.807, 2.05) is 30.0 Å². The second-order valence-corrected chi connectivity index (χ2v) is 11.1. The molecule has 0 radical (unpaired) electrons. The van der Waals surface area contributed by atoms with Gasteiger partial charge >= 0.3 is 0 Å². The summed E-state index contributed by atoms with van der Waals surface area (Å²) in [5.41, 5.74) is 1.66. The molecule has 2 aliphatic carbocycles. The molecule has 6 heteroatoms. The summed E-state index contributed by atoms with van der Waals surface area (Å²) in [5, 5.41) is 0. The average molecular weight is 441 g/mol. The van der Waals surface area contributed by atoms with Gasteiger partial charge in [-0.15, -0.1) is 11.3 Å². The maximum absolute atomic E-state index is 13.1. The lowest BCUT2D eigenvalue weighted by Crippen LogP contribution is -2.32. The molecule has 3 aliphatic rings. The fraction of sp³-hybridized carbons (Fsp3) is 0.542. The van der Waals surface area contributed by atoms with Crippen LogP contribution in [0.3, 0.4) is 0 Å². The number of unbranched alkanes of at least 4 members (excludes halogenated alkanes) is 5. The van der Waals surface area contributed by atoms with Gasteiger partial charge < -0.3 is 0 Å². The van der Waals surface area contributed by atoms with Crippen LogP contribution in [0.1, 0.15) is 51.9 Å². The maximum Gasteiger partial charge on any atom is 0.238 e. The first kappa shape index (κ1) is 20.3. The van der Waals surface area contributed by atoms with E-state index in [1.54, 1.807) is 11.3 Å². The lowest BCUT2D eigenvalue weighted by molar-refractivity contribution is -0.123. The number of hydrogen-bond donors (Lipinski definition) is 0. The molecule has 2 aromatic rings. The first-order valence-corrected chi connectivity index (χ1v) is 13.1. The van der Waals surface area contributed by atoms with E-state index in [1.165, 1.54) is 43.4 Å². The van der Waals surface area contributed by atoms with Crippen LogP contribution in [-0.4, -0.2) is 22.6 Å². The molecule has 2 heterocycles. The molecule has 0 spiro atoms. The SMILES string of the molecule is CCCCCCCCSc1nc2ccc(N3C(=O)[C@@H]4[C@H](C3=O)[C@H]3C=C[C@@H]4C3)cc2s1. The van der Waals surface area contributed by atoms with E-state index in [-0.39, 0.29) is 35.5 Å². The van der Waals surface area contributed by atoms with Crippen LogP contribution in [0.15, 0.2) is 34.7 Å². The summed E-state index contributed by atoms with van der Waals surface area (Å²) in [4.78, 5) is 32.3. The third kappa shape index (κ3) is 3.52. The smallest absolute Gasteiger partial charge is 0.238 e. The van der Waals surface area contributed by atoms with Crippen LogP contribution in [0.25, 0.3) is 10.2 Å². The highest BCUT2D eigenvalue weighted by molar-refractivity contribution is 8.01. The highest BCUT2D eigenvalue weighted by atomic mass is 32.2. The lowest BCUT2D eigenvalue weighted by atomic mass is 9.85. The number of allylic oxidation sites excluding steroid dienone is 2. The Kier molecular flexibility index (Phi) is 5.71. The zero-order valence-electron chi connectivity index (χ0n) is 17.4. The van der Waals surface area contributed by atoms with E-state index in [0.29, 0.717) is 5.69 Å². The number of amides is 2. The Balaban J connectivity index is 1.25. The maximum atomic E-state index is 13.1. The number of thiazole rings is 1. The number of carbonyl (C=O) groups is 2. The van der Waals surface area contributed by atoms with Crippen LogP contribution in [0.4, 0.5) is 5.69 Å². The van der Waals surface area contributed by atoms with Gasteiger partial charge in [-0.2, -0.15) is 0 Å². The van der Waals surface area contributed by atoms with Crippen molar-refractivity contribution in [1.82, 2.24) is 4.98 Å². The van der Waals surface area contributed by atoms with Crippen LogP contribution in [0.2, 0.25) is 0 Å². The van der Waals surface area contributed by atoms with Gasteiger partial charge in [-0.3, -0.25) is 9.59 Å². The topological polar surface area (TPSA) is 50.3 Å². The average Bonchev–Trinajstić information content (AvgIpc) is 3.50. The van der Waals surface area contributed by atoms with Crippen LogP contribution in [-0.2, 0) is 9.59 Å². The molecule has 4 nitrogen and oxygen atoms in total. The summed E-state index contributed by atoms with van der Waals surface area (Å²) < 4.78 is 2.13. The Morgan fingerprint density at radius 1 is 1.03 bits per heavy atom. The van der Waals surface area contributed by atoms with Crippen LogP contribution in [0.5, 0.6) is 0 Å². The summed E-state index contributed by atoms with van der Waals surface area (Å²) in [6.45, 7) is 2.25. The van der Waals surface area contributed by atoms with Gasteiger partial charge in [-0.05, 0) is 42.9 Å². The van der Waals surface area contributed by atoms with Crippen molar-refractivity contribution in [3.05, 3.63) is 30.4 Å². The van der Waals surface area contributed by atoms with E-state index in [0.717, 1.165) is 26.7 Å². The molecule has 1 aromatic carbocycles. The van der Waals surface area contributed by atoms with Gasteiger partial charge in [0.15, 0.2) is 4.34 Å². The molecule has 2 amide bonds. The fourth-order valence-electron chi connectivity index (χ4n) is 5.29. The van der Waals surface area contributed by atoms with Gasteiger partial charge in [0.1, 0.15) is 0 Å². The number of nitrogens with zero attached hydrogens (tertiary/aromatic N) is 2. The van der Waals surface area contributed by atoms with Crippen molar-refractivity contribution in [3.8, 4) is 0 Å². The van der Waals surface area contributed by atoms with Crippen LogP contribution >= 0.6 is 23.1 Å². The monoisotopic (exact) mass is 440 g/mol. The molecule has 2 fully saturated rings. The third-order valence-electron chi connectivity index (χ3n) is 6.80. The van der Waals surface area contributed by atoms with Crippen molar-refractivity contribution in [2.75, 3.05) is 10.7 Å². The molecular formula is C24H28N2O2S2. The second kappa shape index (κ2) is 8.46. The van der Waals surface area contributed by atoms with E-state index in [4.69, 9.17) is 4.98 Å². The fourth-order valence-corrected chi connectivity index (χ4v) is 7.46. The molecule has 0 N–H and O–H groups in total. The third-order valence-corrected chi connectivity index (χ3v) is 9.05. The van der Waals surface area contributed by atoms with Crippen molar-refractivity contribution < 1.29 is 9.59 Å². The summed E-state index contributed by atoms with van der Waals surface area (Å²) in [7, 11) is 0. The molecule has 4 atom stereocenters. The Hall–Kier alpha value is -1.66. The highest BCUT2D eigenvalue weighted by Crippen LogP contribution is 2.53. The number of hydrogen-bond acceptors (Lipinski definition) is 5. The molecule has 0 unspecified atom stereocenters. The van der Waals surface area contributed by atoms with Crippen LogP contribution < -0.4 is 4.90 Å². The molecule has 2 bridgehead atoms. The molecule has 30 heavy (non-hydrogen) atoms. The van der Waals surface area contributed by atoms with Gasteiger partial charge in [-0.1, -0.05) is 62.9 Å². The molecule has 158 valence electrons. The van der Waals surface area contributed by atoms with E-state index < -0.39 is 0 Å². The first-order valence-electron chi connectivity index (χ1n) is 11.3. The lowest BCUT2D eigenvalue weighted by Gasteiger charge is -2.17. The molecule has 1 saturated heterocycles. The molecule has 1 aliphatic heterocycles. The Morgan fingerprint density at radius 3 is 2.47 bits per heavy atom. The molecule has 1 aromatic heterocycles. The largest absolute Gasteiger partial charge is 0.274 e. The van der Waals surface area contributed by atoms with Crippen molar-refractivity contribution in [2.45, 2.75) is 56.2 Å². The van der Waals surface area contributed by atoms with Gasteiger partial charge in [-0.25, -0.2) is 9.88 Å². The number of carbonyl (C=O) groups excluding carboxylic acids is 2. The van der Waals surface area contributed by atoms with Crippen molar-refractivity contribution >= 4 is 50.8 Å². The van der Waals surface area contributed by atoms with Gasteiger partial charge in [0, 0.05) is 5.75 Å². The Morgan fingerprint density at radius 2 is 1.73 bits per heavy atom. The minimum Gasteiger partial charge on any atom is -0.274 e. The number of fused-ring (bicyclic) bond motifs is 6.